The number of nitrogens with one attached hydrogen (secondary N) is 1. The normalized spacial score (nSPS) is 22.3. The summed E-state index contributed by atoms with van der Waals surface area (Å²) in [5.41, 5.74) is 0.407. The van der Waals surface area contributed by atoms with Crippen LogP contribution in [0, 0.1) is 11.7 Å². The Morgan fingerprint density at radius 2 is 1.89 bits per heavy atom. The first kappa shape index (κ1) is 22.2. The van der Waals surface area contributed by atoms with Crippen molar-refractivity contribution in [1.29, 1.82) is 0 Å². The topological polar surface area (TPSA) is 66.5 Å². The zero-order valence-electron chi connectivity index (χ0n) is 15.4. The summed E-state index contributed by atoms with van der Waals surface area (Å²) < 4.78 is 75.1. The van der Waals surface area contributed by atoms with E-state index in [0.717, 1.165) is 23.8 Å². The molecule has 0 bridgehead atoms. The highest BCUT2D eigenvalue weighted by Gasteiger charge is 2.45. The maximum absolute atomic E-state index is 13.2. The van der Waals surface area contributed by atoms with E-state index in [0.29, 0.717) is 5.56 Å². The number of amides is 2. The van der Waals surface area contributed by atoms with Crippen molar-refractivity contribution in [3.05, 3.63) is 47.1 Å². The maximum atomic E-state index is 13.2. The van der Waals surface area contributed by atoms with Crippen LogP contribution >= 0.6 is 0 Å². The summed E-state index contributed by atoms with van der Waals surface area (Å²) in [6.07, 6.45) is -2.65. The Kier molecular flexibility index (Phi) is 6.74. The molecule has 1 fully saturated rings. The molecule has 1 N–H and O–H groups in total. The van der Waals surface area contributed by atoms with Crippen molar-refractivity contribution in [3.8, 4) is 0 Å². The summed E-state index contributed by atoms with van der Waals surface area (Å²) in [6.45, 7) is 1.43. The van der Waals surface area contributed by atoms with E-state index in [-0.39, 0.29) is 19.4 Å². The van der Waals surface area contributed by atoms with Gasteiger partial charge < -0.3 is 10.2 Å². The molecule has 0 aromatic heterocycles. The van der Waals surface area contributed by atoms with Crippen LogP contribution in [0.25, 0.3) is 0 Å². The third kappa shape index (κ3) is 6.22. The number of likely N-dealkylation sites (tertiary alicyclic amines) is 1. The van der Waals surface area contributed by atoms with Crippen molar-refractivity contribution in [2.45, 2.75) is 38.0 Å². The molecule has 0 aliphatic carbocycles. The van der Waals surface area contributed by atoms with E-state index in [1.54, 1.807) is 6.92 Å². The van der Waals surface area contributed by atoms with Crippen molar-refractivity contribution in [3.63, 3.8) is 0 Å². The zero-order valence-corrected chi connectivity index (χ0v) is 16.2. The minimum Gasteiger partial charge on any atom is -0.332 e. The Morgan fingerprint density at radius 1 is 1.29 bits per heavy atom. The summed E-state index contributed by atoms with van der Waals surface area (Å²) >= 11 is 0. The number of sulfone groups is 1. The second-order valence-electron chi connectivity index (χ2n) is 6.92. The first-order valence-corrected chi connectivity index (χ1v) is 10.6. The smallest absolute Gasteiger partial charge is 0.332 e. The molecular formula is C18H22F4N2O3S. The lowest BCUT2D eigenvalue weighted by Gasteiger charge is -2.40. The van der Waals surface area contributed by atoms with Gasteiger partial charge in [0.15, 0.2) is 9.84 Å². The number of halogens is 4. The number of piperidine rings is 1. The third-order valence-corrected chi connectivity index (χ3v) is 5.20. The first-order chi connectivity index (χ1) is 12.9. The number of nitrogens with zero attached hydrogens (tertiary/aromatic N) is 1. The van der Waals surface area contributed by atoms with Gasteiger partial charge in [0.1, 0.15) is 5.82 Å². The second kappa shape index (κ2) is 8.50. The van der Waals surface area contributed by atoms with E-state index in [1.165, 1.54) is 23.1 Å². The average Bonchev–Trinajstić information content (AvgIpc) is 2.59. The molecule has 156 valence electrons. The molecule has 28 heavy (non-hydrogen) atoms. The van der Waals surface area contributed by atoms with Crippen molar-refractivity contribution in [1.82, 2.24) is 10.2 Å². The summed E-state index contributed by atoms with van der Waals surface area (Å²) in [5, 5.41) is 3.52. The number of carbonyl (C=O) groups excluding carboxylic acids is 1. The van der Waals surface area contributed by atoms with Crippen LogP contribution in [0.4, 0.5) is 22.4 Å². The molecule has 1 aliphatic heterocycles. The molecule has 10 heteroatoms. The van der Waals surface area contributed by atoms with E-state index in [1.807, 2.05) is 0 Å². The van der Waals surface area contributed by atoms with Crippen LogP contribution in [0.2, 0.25) is 0 Å². The molecule has 5 nitrogen and oxygen atoms in total. The van der Waals surface area contributed by atoms with Crippen LogP contribution < -0.4 is 5.32 Å². The molecule has 1 aromatic rings. The van der Waals surface area contributed by atoms with E-state index in [9.17, 15) is 30.8 Å². The number of hydrogen-bond donors (Lipinski definition) is 1. The Morgan fingerprint density at radius 3 is 2.43 bits per heavy atom. The van der Waals surface area contributed by atoms with Crippen LogP contribution in [0.1, 0.15) is 31.4 Å². The van der Waals surface area contributed by atoms with Crippen molar-refractivity contribution >= 4 is 15.9 Å². The quantitative estimate of drug-likeness (QED) is 0.751. The second-order valence-corrected chi connectivity index (χ2v) is 8.85. The monoisotopic (exact) mass is 422 g/mol. The van der Waals surface area contributed by atoms with Crippen LogP contribution in [0.15, 0.2) is 35.7 Å². The summed E-state index contributed by atoms with van der Waals surface area (Å²) in [4.78, 5) is 13.9. The van der Waals surface area contributed by atoms with Crippen LogP contribution in [0.3, 0.4) is 0 Å². The lowest BCUT2D eigenvalue weighted by Crippen LogP contribution is -2.49. The SMILES string of the molecule is CC(/C=C/S(C)(=O)=O)NC(=O)N1CC[C@@H](C(F)(F)F)C[C@H]1c1ccc(F)cc1. The number of alkyl halides is 3. The minimum absolute atomic E-state index is 0.124. The summed E-state index contributed by atoms with van der Waals surface area (Å²) in [5.74, 6) is -2.09. The molecule has 2 amide bonds. The van der Waals surface area contributed by atoms with Crippen LogP contribution in [-0.4, -0.2) is 44.4 Å². The fraction of sp³-hybridized carbons (Fsp3) is 0.500. The molecule has 1 aromatic carbocycles. The van der Waals surface area contributed by atoms with Gasteiger partial charge in [-0.15, -0.1) is 0 Å². The van der Waals surface area contributed by atoms with Crippen LogP contribution in [0.5, 0.6) is 0 Å². The molecule has 0 spiro atoms. The predicted octanol–water partition coefficient (Wildman–Crippen LogP) is 3.80. The highest BCUT2D eigenvalue weighted by atomic mass is 32.2. The lowest BCUT2D eigenvalue weighted by molar-refractivity contribution is -0.188. The van der Waals surface area contributed by atoms with Gasteiger partial charge in [-0.25, -0.2) is 17.6 Å². The number of benzene rings is 1. The maximum Gasteiger partial charge on any atom is 0.391 e. The van der Waals surface area contributed by atoms with Gasteiger partial charge in [0.2, 0.25) is 0 Å². The van der Waals surface area contributed by atoms with Gasteiger partial charge in [-0.05, 0) is 37.5 Å². The van der Waals surface area contributed by atoms with E-state index in [2.05, 4.69) is 5.32 Å². The van der Waals surface area contributed by atoms with Gasteiger partial charge in [0.25, 0.3) is 0 Å². The zero-order chi connectivity index (χ0) is 21.1. The van der Waals surface area contributed by atoms with E-state index in [4.69, 9.17) is 0 Å². The van der Waals surface area contributed by atoms with Gasteiger partial charge in [-0.3, -0.25) is 0 Å². The number of urea groups is 1. The average molecular weight is 422 g/mol. The fourth-order valence-electron chi connectivity index (χ4n) is 3.09. The Labute approximate surface area is 161 Å². The molecule has 0 saturated carbocycles. The Balaban J connectivity index is 2.21. The van der Waals surface area contributed by atoms with Crippen molar-refractivity contribution in [2.24, 2.45) is 5.92 Å². The number of hydrogen-bond acceptors (Lipinski definition) is 3. The largest absolute Gasteiger partial charge is 0.391 e. The molecule has 1 aliphatic rings. The molecule has 0 radical (unpaired) electrons. The summed E-state index contributed by atoms with van der Waals surface area (Å²) in [7, 11) is -3.37. The summed E-state index contributed by atoms with van der Waals surface area (Å²) in [6, 6.07) is 2.89. The molecule has 3 atom stereocenters. The van der Waals surface area contributed by atoms with E-state index >= 15 is 0 Å². The van der Waals surface area contributed by atoms with Gasteiger partial charge in [-0.1, -0.05) is 18.2 Å². The minimum atomic E-state index is -4.38. The molecule has 1 saturated heterocycles. The van der Waals surface area contributed by atoms with Crippen molar-refractivity contribution in [2.75, 3.05) is 12.8 Å². The van der Waals surface area contributed by atoms with E-state index < -0.39 is 45.9 Å². The first-order valence-electron chi connectivity index (χ1n) is 8.64. The number of carbonyl (C=O) groups is 1. The van der Waals surface area contributed by atoms with Gasteiger partial charge in [0, 0.05) is 24.3 Å². The van der Waals surface area contributed by atoms with Crippen molar-refractivity contribution < 1.29 is 30.8 Å². The molecule has 1 heterocycles. The molecule has 1 unspecified atom stereocenters. The molecule has 2 rings (SSSR count). The third-order valence-electron chi connectivity index (χ3n) is 4.55. The molecular weight excluding hydrogens is 400 g/mol. The predicted molar refractivity (Wildman–Crippen MR) is 96.6 cm³/mol. The fourth-order valence-corrected chi connectivity index (χ4v) is 3.61. The van der Waals surface area contributed by atoms with Crippen LogP contribution in [-0.2, 0) is 9.84 Å². The van der Waals surface area contributed by atoms with Gasteiger partial charge in [0.05, 0.1) is 12.0 Å². The highest BCUT2D eigenvalue weighted by molar-refractivity contribution is 7.93. The highest BCUT2D eigenvalue weighted by Crippen LogP contribution is 2.42. The standard InChI is InChI=1S/C18H22F4N2O3S/c1-12(8-10-28(2,26)27)23-17(25)24-9-7-14(18(20,21)22)11-16(24)13-3-5-15(19)6-4-13/h3-6,8,10,12,14,16H,7,9,11H2,1-2H3,(H,23,25)/b10-8+/t12?,14-,16+/m1/s1. The van der Waals surface area contributed by atoms with Gasteiger partial charge >= 0.3 is 12.2 Å². The number of rotatable bonds is 4. The lowest BCUT2D eigenvalue weighted by atomic mass is 9.87. The van der Waals surface area contributed by atoms with Gasteiger partial charge in [-0.2, -0.15) is 13.2 Å². The Bertz CT molecular complexity index is 822. The Hall–Kier alpha value is -2.10.